The minimum atomic E-state index is 0.643. The number of hydrazone groups is 1. The van der Waals surface area contributed by atoms with Crippen LogP contribution in [-0.2, 0) is 6.54 Å². The molecular weight excluding hydrogens is 226 g/mol. The van der Waals surface area contributed by atoms with Gasteiger partial charge >= 0.3 is 0 Å². The van der Waals surface area contributed by atoms with E-state index in [9.17, 15) is 0 Å². The summed E-state index contributed by atoms with van der Waals surface area (Å²) in [7, 11) is 2.08. The number of rotatable bonds is 7. The van der Waals surface area contributed by atoms with E-state index in [2.05, 4.69) is 71.7 Å². The second kappa shape index (κ2) is 7.55. The first-order chi connectivity index (χ1) is 8.65. The average Bonchev–Trinajstić information content (AvgIpc) is 2.35. The zero-order chi connectivity index (χ0) is 13.4. The zero-order valence-corrected chi connectivity index (χ0v) is 11.3. The van der Waals surface area contributed by atoms with Gasteiger partial charge in [-0.15, -0.1) is 0 Å². The van der Waals surface area contributed by atoms with Gasteiger partial charge in [0.25, 0.3) is 0 Å². The molecule has 0 unspecified atom stereocenters. The number of nitrogens with one attached hydrogen (secondary N) is 1. The summed E-state index contributed by atoms with van der Waals surface area (Å²) in [6, 6.07) is 6.41. The lowest BCUT2D eigenvalue weighted by molar-refractivity contribution is 0.333. The molecule has 0 fully saturated rings. The fourth-order valence-corrected chi connectivity index (χ4v) is 1.68. The lowest BCUT2D eigenvalue weighted by atomic mass is 10.0. The highest BCUT2D eigenvalue weighted by Crippen LogP contribution is 2.14. The average molecular weight is 247 g/mol. The van der Waals surface area contributed by atoms with Gasteiger partial charge in [-0.05, 0) is 37.6 Å². The van der Waals surface area contributed by atoms with Crippen LogP contribution in [-0.4, -0.2) is 31.8 Å². The number of hydrogen-bond donors (Lipinski definition) is 1. The minimum absolute atomic E-state index is 0.643. The van der Waals surface area contributed by atoms with Crippen molar-refractivity contribution >= 4 is 6.72 Å². The molecule has 1 rings (SSSR count). The van der Waals surface area contributed by atoms with E-state index in [1.165, 1.54) is 16.7 Å². The molecule has 0 saturated carbocycles. The predicted octanol–water partition coefficient (Wildman–Crippen LogP) is 2.31. The van der Waals surface area contributed by atoms with Crippen molar-refractivity contribution in [2.24, 2.45) is 15.4 Å². The lowest BCUT2D eigenvalue weighted by Gasteiger charge is -2.17. The van der Waals surface area contributed by atoms with E-state index in [1.54, 1.807) is 0 Å². The van der Waals surface area contributed by atoms with Gasteiger partial charge in [0.1, 0.15) is 0 Å². The third kappa shape index (κ3) is 4.63. The summed E-state index contributed by atoms with van der Waals surface area (Å²) in [5.41, 5.74) is 6.40. The molecule has 0 atom stereocenters. The van der Waals surface area contributed by atoms with Crippen molar-refractivity contribution < 1.29 is 0 Å². The Morgan fingerprint density at radius 2 is 2.11 bits per heavy atom. The summed E-state index contributed by atoms with van der Waals surface area (Å²) in [6.45, 7) is 9.97. The third-order valence-electron chi connectivity index (χ3n) is 2.92. The van der Waals surface area contributed by atoms with Gasteiger partial charge in [-0.25, -0.2) is 0 Å². The van der Waals surface area contributed by atoms with Crippen LogP contribution in [0, 0.1) is 13.8 Å². The highest BCUT2D eigenvalue weighted by atomic mass is 15.6. The quantitative estimate of drug-likeness (QED) is 0.456. The summed E-state index contributed by atoms with van der Waals surface area (Å²) < 4.78 is 0. The lowest BCUT2D eigenvalue weighted by Crippen LogP contribution is -2.21. The van der Waals surface area contributed by atoms with Crippen LogP contribution >= 0.6 is 0 Å². The Kier molecular flexibility index (Phi) is 6.00. The Bertz CT molecular complexity index is 414. The van der Waals surface area contributed by atoms with Crippen LogP contribution in [0.1, 0.15) is 16.7 Å². The second-order valence-corrected chi connectivity index (χ2v) is 4.32. The summed E-state index contributed by atoms with van der Waals surface area (Å²) in [4.78, 5) is 2.22. The van der Waals surface area contributed by atoms with Crippen LogP contribution in [0.4, 0.5) is 0 Å². The molecule has 0 aliphatic carbocycles. The zero-order valence-electron chi connectivity index (χ0n) is 11.3. The van der Waals surface area contributed by atoms with E-state index in [-0.39, 0.29) is 0 Å². The van der Waals surface area contributed by atoms with E-state index in [4.69, 9.17) is 0 Å². The molecule has 0 spiro atoms. The molecule has 0 amide bonds. The SMILES string of the molecule is C=NNN=NCCN(C)Cc1cccc(C)c1C. The highest BCUT2D eigenvalue weighted by Gasteiger charge is 2.04. The van der Waals surface area contributed by atoms with Gasteiger partial charge in [0.15, 0.2) is 0 Å². The Morgan fingerprint density at radius 3 is 2.83 bits per heavy atom. The molecule has 0 aromatic heterocycles. The molecule has 0 aliphatic rings. The smallest absolute Gasteiger partial charge is 0.0748 e. The van der Waals surface area contributed by atoms with Crippen molar-refractivity contribution in [1.29, 1.82) is 0 Å². The van der Waals surface area contributed by atoms with Gasteiger partial charge in [-0.2, -0.15) is 15.8 Å². The van der Waals surface area contributed by atoms with E-state index in [0.29, 0.717) is 6.54 Å². The Morgan fingerprint density at radius 1 is 1.33 bits per heavy atom. The second-order valence-electron chi connectivity index (χ2n) is 4.32. The summed E-state index contributed by atoms with van der Waals surface area (Å²) >= 11 is 0. The summed E-state index contributed by atoms with van der Waals surface area (Å²) in [5.74, 6) is 0. The van der Waals surface area contributed by atoms with E-state index >= 15 is 0 Å². The first-order valence-electron chi connectivity index (χ1n) is 5.96. The molecule has 0 heterocycles. The molecule has 0 saturated heterocycles. The fourth-order valence-electron chi connectivity index (χ4n) is 1.68. The van der Waals surface area contributed by atoms with E-state index in [0.717, 1.165) is 13.1 Å². The Hall–Kier alpha value is -1.75. The van der Waals surface area contributed by atoms with Crippen molar-refractivity contribution in [3.05, 3.63) is 34.9 Å². The first-order valence-corrected chi connectivity index (χ1v) is 5.96. The molecule has 0 bridgehead atoms. The molecule has 0 radical (unpaired) electrons. The maximum absolute atomic E-state index is 3.92. The molecule has 98 valence electrons. The van der Waals surface area contributed by atoms with E-state index < -0.39 is 0 Å². The highest BCUT2D eigenvalue weighted by molar-refractivity contribution is 5.32. The number of likely N-dealkylation sites (N-methyl/N-ethyl adjacent to an activating group) is 1. The monoisotopic (exact) mass is 247 g/mol. The van der Waals surface area contributed by atoms with Crippen molar-refractivity contribution in [2.45, 2.75) is 20.4 Å². The molecule has 5 heteroatoms. The number of benzene rings is 1. The van der Waals surface area contributed by atoms with Gasteiger partial charge in [-0.1, -0.05) is 23.4 Å². The fraction of sp³-hybridized carbons (Fsp3) is 0.462. The maximum Gasteiger partial charge on any atom is 0.0748 e. The first kappa shape index (κ1) is 14.3. The van der Waals surface area contributed by atoms with Gasteiger partial charge in [0.2, 0.25) is 0 Å². The van der Waals surface area contributed by atoms with Crippen LogP contribution in [0.3, 0.4) is 0 Å². The van der Waals surface area contributed by atoms with Crippen molar-refractivity contribution in [1.82, 2.24) is 10.4 Å². The molecule has 1 aromatic carbocycles. The minimum Gasteiger partial charge on any atom is -0.300 e. The maximum atomic E-state index is 3.92. The van der Waals surface area contributed by atoms with Gasteiger partial charge < -0.3 is 4.90 Å². The summed E-state index contributed by atoms with van der Waals surface area (Å²) in [5, 5.41) is 10.9. The van der Waals surface area contributed by atoms with Gasteiger partial charge in [-0.3, -0.25) is 0 Å². The predicted molar refractivity (Wildman–Crippen MR) is 74.7 cm³/mol. The van der Waals surface area contributed by atoms with Crippen LogP contribution in [0.15, 0.2) is 33.6 Å². The number of aryl methyl sites for hydroxylation is 1. The number of nitrogens with zero attached hydrogens (tertiary/aromatic N) is 4. The Balaban J connectivity index is 2.42. The molecular formula is C13H21N5. The third-order valence-corrected chi connectivity index (χ3v) is 2.92. The van der Waals surface area contributed by atoms with Crippen LogP contribution in [0.25, 0.3) is 0 Å². The summed E-state index contributed by atoms with van der Waals surface area (Å²) in [6.07, 6.45) is 0. The largest absolute Gasteiger partial charge is 0.300 e. The molecule has 1 N–H and O–H groups in total. The molecule has 1 aromatic rings. The number of hydrogen-bond acceptors (Lipinski definition) is 4. The van der Waals surface area contributed by atoms with Crippen molar-refractivity contribution in [2.75, 3.05) is 20.1 Å². The molecule has 5 nitrogen and oxygen atoms in total. The van der Waals surface area contributed by atoms with Crippen molar-refractivity contribution in [3.8, 4) is 0 Å². The van der Waals surface area contributed by atoms with Crippen LogP contribution in [0.2, 0.25) is 0 Å². The van der Waals surface area contributed by atoms with Crippen LogP contribution in [0.5, 0.6) is 0 Å². The normalized spacial score (nSPS) is 11.1. The standard InChI is InChI=1S/C13H21N5/c1-11-6-5-7-13(12(11)2)10-18(4)9-8-15-17-16-14-3/h5-7H,3,8-10H2,1-2,4H3,(H,15,16). The molecule has 18 heavy (non-hydrogen) atoms. The van der Waals surface area contributed by atoms with Crippen molar-refractivity contribution in [3.63, 3.8) is 0 Å². The van der Waals surface area contributed by atoms with Crippen LogP contribution < -0.4 is 5.53 Å². The van der Waals surface area contributed by atoms with Gasteiger partial charge in [0, 0.05) is 19.8 Å². The van der Waals surface area contributed by atoms with Gasteiger partial charge in [0.05, 0.1) is 6.54 Å². The molecule has 0 aliphatic heterocycles. The topological polar surface area (TPSA) is 52.4 Å². The Labute approximate surface area is 109 Å². The van der Waals surface area contributed by atoms with E-state index in [1.807, 2.05) is 0 Å².